The quantitative estimate of drug-likeness (QED) is 0.577. The number of halogens is 2. The van der Waals surface area contributed by atoms with E-state index in [9.17, 15) is 0 Å². The van der Waals surface area contributed by atoms with E-state index in [4.69, 9.17) is 27.9 Å². The summed E-state index contributed by atoms with van der Waals surface area (Å²) < 4.78 is 6.34. The Hall–Kier alpha value is -2.46. The second kappa shape index (κ2) is 6.61. The van der Waals surface area contributed by atoms with Gasteiger partial charge in [0.1, 0.15) is 5.75 Å². The first-order valence-electron chi connectivity index (χ1n) is 8.73. The largest absolute Gasteiger partial charge is 0.469 e. The molecule has 27 heavy (non-hydrogen) atoms. The molecule has 0 saturated heterocycles. The molecule has 0 fully saturated rings. The molecule has 0 spiro atoms. The average Bonchev–Trinajstić information content (AvgIpc) is 3.16. The highest BCUT2D eigenvalue weighted by molar-refractivity contribution is 6.42. The molecular weight excluding hydrogens is 379 g/mol. The van der Waals surface area contributed by atoms with Gasteiger partial charge in [-0.15, -0.1) is 0 Å². The van der Waals surface area contributed by atoms with Gasteiger partial charge in [0.15, 0.2) is 6.23 Å². The minimum atomic E-state index is -0.322. The third-order valence-corrected chi connectivity index (χ3v) is 5.66. The number of fused-ring (bicyclic) bond motifs is 3. The molecule has 2 aliphatic heterocycles. The molecule has 1 N–H and O–H groups in total. The molecule has 3 aromatic rings. The van der Waals surface area contributed by atoms with Gasteiger partial charge in [-0.25, -0.2) is 0 Å². The minimum absolute atomic E-state index is 0.0598. The molecule has 2 heterocycles. The van der Waals surface area contributed by atoms with Crippen molar-refractivity contribution < 1.29 is 4.74 Å². The van der Waals surface area contributed by atoms with Crippen LogP contribution in [0, 0.1) is 0 Å². The number of nitrogens with zero attached hydrogens (tertiary/aromatic N) is 1. The Morgan fingerprint density at radius 3 is 2.44 bits per heavy atom. The van der Waals surface area contributed by atoms with Crippen LogP contribution in [0.2, 0.25) is 10.0 Å². The fraction of sp³-hybridized carbons (Fsp3) is 0.0909. The van der Waals surface area contributed by atoms with Crippen LogP contribution in [0.15, 0.2) is 78.9 Å². The average molecular weight is 395 g/mol. The fourth-order valence-corrected chi connectivity index (χ4v) is 3.92. The minimum Gasteiger partial charge on any atom is -0.469 e. The van der Waals surface area contributed by atoms with Crippen LogP contribution >= 0.6 is 23.2 Å². The zero-order valence-electron chi connectivity index (χ0n) is 14.3. The van der Waals surface area contributed by atoms with Crippen molar-refractivity contribution in [3.8, 4) is 5.75 Å². The van der Waals surface area contributed by atoms with Crippen molar-refractivity contribution in [3.63, 3.8) is 0 Å². The molecule has 0 saturated carbocycles. The molecule has 0 amide bonds. The van der Waals surface area contributed by atoms with E-state index < -0.39 is 0 Å². The van der Waals surface area contributed by atoms with Crippen molar-refractivity contribution >= 4 is 28.9 Å². The Morgan fingerprint density at radius 2 is 1.63 bits per heavy atom. The first-order chi connectivity index (χ1) is 13.2. The summed E-state index contributed by atoms with van der Waals surface area (Å²) in [4.78, 5) is 0. The molecule has 0 bridgehead atoms. The highest BCUT2D eigenvalue weighted by Gasteiger charge is 2.40. The second-order valence-electron chi connectivity index (χ2n) is 6.59. The summed E-state index contributed by atoms with van der Waals surface area (Å²) >= 11 is 12.4. The molecule has 0 aliphatic carbocycles. The maximum atomic E-state index is 6.34. The van der Waals surface area contributed by atoms with Crippen LogP contribution in [0.3, 0.4) is 0 Å². The monoisotopic (exact) mass is 394 g/mol. The summed E-state index contributed by atoms with van der Waals surface area (Å²) in [6.07, 6.45) is 1.92. The van der Waals surface area contributed by atoms with E-state index in [0.29, 0.717) is 10.0 Å². The van der Waals surface area contributed by atoms with Crippen LogP contribution < -0.4 is 10.2 Å². The number of hydrogen-bond donors (Lipinski definition) is 1. The second-order valence-corrected chi connectivity index (χ2v) is 7.41. The smallest absolute Gasteiger partial charge is 0.196 e. The predicted octanol–water partition coefficient (Wildman–Crippen LogP) is 5.99. The first kappa shape index (κ1) is 16.7. The fourth-order valence-electron chi connectivity index (χ4n) is 3.61. The van der Waals surface area contributed by atoms with Crippen LogP contribution in [0.25, 0.3) is 5.70 Å². The molecule has 2 aliphatic rings. The summed E-state index contributed by atoms with van der Waals surface area (Å²) in [5.74, 6) is 0.877. The zero-order valence-corrected chi connectivity index (χ0v) is 15.8. The van der Waals surface area contributed by atoms with E-state index >= 15 is 0 Å². The van der Waals surface area contributed by atoms with Gasteiger partial charge in [-0.05, 0) is 29.8 Å². The Labute approximate surface area is 167 Å². The van der Waals surface area contributed by atoms with Gasteiger partial charge in [0.25, 0.3) is 0 Å². The van der Waals surface area contributed by atoms with Crippen LogP contribution in [-0.4, -0.2) is 5.01 Å². The van der Waals surface area contributed by atoms with E-state index in [1.807, 2.05) is 48.5 Å². The molecule has 3 nitrogen and oxygen atoms in total. The Bertz CT molecular complexity index is 1040. The molecule has 5 heteroatoms. The van der Waals surface area contributed by atoms with Gasteiger partial charge in [-0.3, -0.25) is 0 Å². The van der Waals surface area contributed by atoms with Gasteiger partial charge in [0, 0.05) is 11.1 Å². The number of nitrogens with one attached hydrogen (secondary N) is 1. The van der Waals surface area contributed by atoms with E-state index in [-0.39, 0.29) is 12.3 Å². The van der Waals surface area contributed by atoms with Gasteiger partial charge in [0.2, 0.25) is 0 Å². The van der Waals surface area contributed by atoms with Crippen molar-refractivity contribution in [3.05, 3.63) is 106 Å². The van der Waals surface area contributed by atoms with E-state index in [1.165, 1.54) is 0 Å². The first-order valence-corrected chi connectivity index (χ1v) is 9.49. The number of ether oxygens (including phenoxy) is 1. The lowest BCUT2D eigenvalue weighted by Gasteiger charge is -2.39. The lowest BCUT2D eigenvalue weighted by molar-refractivity contribution is -0.0326. The van der Waals surface area contributed by atoms with E-state index in [1.54, 1.807) is 6.07 Å². The number of rotatable bonds is 2. The summed E-state index contributed by atoms with van der Waals surface area (Å²) in [5.41, 5.74) is 7.80. The predicted molar refractivity (Wildman–Crippen MR) is 108 cm³/mol. The van der Waals surface area contributed by atoms with Crippen molar-refractivity contribution in [2.75, 3.05) is 0 Å². The Kier molecular flexibility index (Phi) is 4.09. The summed E-state index contributed by atoms with van der Waals surface area (Å²) in [5, 5.41) is 3.17. The number of hydrazine groups is 1. The molecule has 0 unspecified atom stereocenters. The lowest BCUT2D eigenvalue weighted by atomic mass is 10.0. The van der Waals surface area contributed by atoms with Crippen molar-refractivity contribution in [2.45, 2.75) is 12.3 Å². The van der Waals surface area contributed by atoms with Crippen LogP contribution in [-0.2, 0) is 0 Å². The van der Waals surface area contributed by atoms with Crippen molar-refractivity contribution in [1.82, 2.24) is 10.4 Å². The molecule has 134 valence electrons. The third kappa shape index (κ3) is 2.88. The Balaban J connectivity index is 1.59. The lowest BCUT2D eigenvalue weighted by Crippen LogP contribution is -2.43. The summed E-state index contributed by atoms with van der Waals surface area (Å²) in [6, 6.07) is 24.1. The topological polar surface area (TPSA) is 24.5 Å². The Morgan fingerprint density at radius 1 is 0.852 bits per heavy atom. The highest BCUT2D eigenvalue weighted by Crippen LogP contribution is 2.46. The van der Waals surface area contributed by atoms with Crippen molar-refractivity contribution in [2.24, 2.45) is 0 Å². The number of para-hydroxylation sites is 1. The van der Waals surface area contributed by atoms with Crippen LogP contribution in [0.4, 0.5) is 0 Å². The maximum Gasteiger partial charge on any atom is 0.196 e. The zero-order chi connectivity index (χ0) is 18.4. The van der Waals surface area contributed by atoms with Crippen LogP contribution in [0.5, 0.6) is 5.75 Å². The summed E-state index contributed by atoms with van der Waals surface area (Å²) in [6.45, 7) is 0. The number of hydrogen-bond acceptors (Lipinski definition) is 3. The maximum absolute atomic E-state index is 6.34. The number of benzene rings is 3. The third-order valence-electron chi connectivity index (χ3n) is 4.92. The van der Waals surface area contributed by atoms with Gasteiger partial charge in [-0.1, -0.05) is 77.8 Å². The molecule has 0 aromatic heterocycles. The normalized spacial score (nSPS) is 20.9. The molecule has 3 aromatic carbocycles. The molecule has 2 atom stereocenters. The van der Waals surface area contributed by atoms with E-state index in [2.05, 4.69) is 34.7 Å². The van der Waals surface area contributed by atoms with Gasteiger partial charge < -0.3 is 10.2 Å². The molecule has 0 radical (unpaired) electrons. The van der Waals surface area contributed by atoms with Crippen LogP contribution in [0.1, 0.15) is 29.0 Å². The van der Waals surface area contributed by atoms with Gasteiger partial charge >= 0.3 is 0 Å². The van der Waals surface area contributed by atoms with E-state index in [0.717, 1.165) is 28.1 Å². The standard InChI is InChI=1S/C22H16Cl2N2O/c23-17-11-10-15(12-18(17)24)22-26-20(16-8-4-5-9-21(16)27-22)13-19(25-26)14-6-2-1-3-7-14/h1-13,20,22,25H/t20-,22+/m0/s1. The van der Waals surface area contributed by atoms with Gasteiger partial charge in [-0.2, -0.15) is 5.01 Å². The highest BCUT2D eigenvalue weighted by atomic mass is 35.5. The van der Waals surface area contributed by atoms with Crippen molar-refractivity contribution in [1.29, 1.82) is 0 Å². The molecule has 5 rings (SSSR count). The SMILES string of the molecule is Clc1ccc([C@H]2Oc3ccccc3[C@@H]3C=C(c4ccccc4)NN23)cc1Cl. The van der Waals surface area contributed by atoms with Gasteiger partial charge in [0.05, 0.1) is 21.8 Å². The summed E-state index contributed by atoms with van der Waals surface area (Å²) in [7, 11) is 0. The molecular formula is C22H16Cl2N2O.